The lowest BCUT2D eigenvalue weighted by atomic mass is 9.93. The molecule has 1 unspecified atom stereocenters. The zero-order chi connectivity index (χ0) is 15.9. The van der Waals surface area contributed by atoms with Crippen molar-refractivity contribution in [3.05, 3.63) is 35.4 Å². The molecule has 1 atom stereocenters. The molecule has 130 valence electrons. The Hall–Kier alpha value is -1.06. The summed E-state index contributed by atoms with van der Waals surface area (Å²) < 4.78 is 0. The number of aryl methyl sites for hydroxylation is 1. The summed E-state index contributed by atoms with van der Waals surface area (Å²) >= 11 is 0. The predicted octanol–water partition coefficient (Wildman–Crippen LogP) is 3.62. The van der Waals surface area contributed by atoms with Crippen molar-refractivity contribution in [2.75, 3.05) is 26.7 Å². The van der Waals surface area contributed by atoms with Gasteiger partial charge in [-0.1, -0.05) is 38.1 Å². The van der Waals surface area contributed by atoms with Gasteiger partial charge in [0.15, 0.2) is 0 Å². The minimum absolute atomic E-state index is 0. The average Bonchev–Trinajstić information content (AvgIpc) is 2.55. The smallest absolute Gasteiger partial charge is 0.223 e. The van der Waals surface area contributed by atoms with E-state index in [1.165, 1.54) is 11.1 Å². The lowest BCUT2D eigenvalue weighted by molar-refractivity contribution is -0.132. The molecule has 4 heteroatoms. The van der Waals surface area contributed by atoms with Crippen molar-refractivity contribution in [2.45, 2.75) is 45.4 Å². The number of carbonyl (C=O) groups excluding carboxylic acids is 1. The maximum absolute atomic E-state index is 12.5. The van der Waals surface area contributed by atoms with Gasteiger partial charge in [0.25, 0.3) is 0 Å². The van der Waals surface area contributed by atoms with Crippen LogP contribution in [-0.2, 0) is 11.2 Å². The first-order valence-electron chi connectivity index (χ1n) is 8.65. The first-order chi connectivity index (χ1) is 10.6. The summed E-state index contributed by atoms with van der Waals surface area (Å²) in [5.74, 6) is 1.34. The molecule has 1 heterocycles. The third kappa shape index (κ3) is 5.82. The summed E-state index contributed by atoms with van der Waals surface area (Å²) in [7, 11) is 2.00. The number of amides is 1. The maximum atomic E-state index is 12.5. The molecule has 0 bridgehead atoms. The van der Waals surface area contributed by atoms with Crippen LogP contribution in [0, 0.1) is 5.92 Å². The zero-order valence-corrected chi connectivity index (χ0v) is 15.5. The highest BCUT2D eigenvalue weighted by molar-refractivity contribution is 5.85. The van der Waals surface area contributed by atoms with E-state index in [4.69, 9.17) is 0 Å². The van der Waals surface area contributed by atoms with Crippen molar-refractivity contribution >= 4 is 18.3 Å². The maximum Gasteiger partial charge on any atom is 0.223 e. The van der Waals surface area contributed by atoms with Crippen molar-refractivity contribution in [3.63, 3.8) is 0 Å². The fourth-order valence-corrected chi connectivity index (χ4v) is 3.27. The highest BCUT2D eigenvalue weighted by Gasteiger charge is 2.23. The molecule has 1 aliphatic rings. The van der Waals surface area contributed by atoms with Gasteiger partial charge in [0.05, 0.1) is 0 Å². The van der Waals surface area contributed by atoms with E-state index in [1.807, 2.05) is 7.05 Å². The number of carbonyl (C=O) groups is 1. The standard InChI is InChI=1S/C19H30N2O.ClH/c1-4-16-5-7-18(8-6-16)15(2)13-19(22)21-11-9-17(10-12-21)14-20-3;/h5-8,15,17,20H,4,9-14H2,1-3H3;1H. The van der Waals surface area contributed by atoms with E-state index in [9.17, 15) is 4.79 Å². The van der Waals surface area contributed by atoms with E-state index in [-0.39, 0.29) is 12.4 Å². The number of likely N-dealkylation sites (tertiary alicyclic amines) is 1. The van der Waals surface area contributed by atoms with E-state index in [2.05, 4.69) is 48.3 Å². The van der Waals surface area contributed by atoms with Crippen molar-refractivity contribution in [1.82, 2.24) is 10.2 Å². The number of nitrogens with one attached hydrogen (secondary N) is 1. The van der Waals surface area contributed by atoms with Crippen molar-refractivity contribution in [2.24, 2.45) is 5.92 Å². The van der Waals surface area contributed by atoms with E-state index >= 15 is 0 Å². The Labute approximate surface area is 147 Å². The first-order valence-corrected chi connectivity index (χ1v) is 8.65. The molecule has 1 aliphatic heterocycles. The van der Waals surface area contributed by atoms with Crippen LogP contribution in [0.2, 0.25) is 0 Å². The highest BCUT2D eigenvalue weighted by Crippen LogP contribution is 2.23. The molecular formula is C19H31ClN2O. The molecule has 1 N–H and O–H groups in total. The fourth-order valence-electron chi connectivity index (χ4n) is 3.27. The molecule has 0 spiro atoms. The van der Waals surface area contributed by atoms with Gasteiger partial charge < -0.3 is 10.2 Å². The molecule has 0 aromatic heterocycles. The Bertz CT molecular complexity index is 467. The van der Waals surface area contributed by atoms with E-state index in [0.29, 0.717) is 18.2 Å². The molecule has 0 radical (unpaired) electrons. The predicted molar refractivity (Wildman–Crippen MR) is 99.3 cm³/mol. The quantitative estimate of drug-likeness (QED) is 0.859. The van der Waals surface area contributed by atoms with E-state index in [0.717, 1.165) is 44.8 Å². The van der Waals surface area contributed by atoms with Crippen LogP contribution in [0.5, 0.6) is 0 Å². The second kappa shape index (κ2) is 9.94. The third-order valence-electron chi connectivity index (χ3n) is 4.90. The zero-order valence-electron chi connectivity index (χ0n) is 14.7. The number of hydrogen-bond donors (Lipinski definition) is 1. The number of nitrogens with zero attached hydrogens (tertiary/aromatic N) is 1. The molecule has 1 aromatic carbocycles. The minimum Gasteiger partial charge on any atom is -0.343 e. The van der Waals surface area contributed by atoms with Gasteiger partial charge in [-0.15, -0.1) is 12.4 Å². The minimum atomic E-state index is 0. The van der Waals surface area contributed by atoms with Gasteiger partial charge >= 0.3 is 0 Å². The summed E-state index contributed by atoms with van der Waals surface area (Å²) in [6.07, 6.45) is 3.95. The van der Waals surface area contributed by atoms with Crippen LogP contribution in [0.15, 0.2) is 24.3 Å². The van der Waals surface area contributed by atoms with Crippen molar-refractivity contribution in [3.8, 4) is 0 Å². The Morgan fingerprint density at radius 2 is 1.87 bits per heavy atom. The van der Waals surface area contributed by atoms with Gasteiger partial charge in [-0.3, -0.25) is 4.79 Å². The summed E-state index contributed by atoms with van der Waals surface area (Å²) in [6.45, 7) is 7.24. The summed E-state index contributed by atoms with van der Waals surface area (Å²) in [5.41, 5.74) is 2.63. The summed E-state index contributed by atoms with van der Waals surface area (Å²) in [6, 6.07) is 8.71. The number of hydrogen-bond acceptors (Lipinski definition) is 2. The van der Waals surface area contributed by atoms with Gasteiger partial charge in [-0.2, -0.15) is 0 Å². The fraction of sp³-hybridized carbons (Fsp3) is 0.632. The van der Waals surface area contributed by atoms with E-state index < -0.39 is 0 Å². The van der Waals surface area contributed by atoms with Crippen LogP contribution in [0.4, 0.5) is 0 Å². The van der Waals surface area contributed by atoms with Crippen LogP contribution in [0.3, 0.4) is 0 Å². The lowest BCUT2D eigenvalue weighted by Gasteiger charge is -2.32. The lowest BCUT2D eigenvalue weighted by Crippen LogP contribution is -2.40. The number of benzene rings is 1. The van der Waals surface area contributed by atoms with Crippen LogP contribution in [0.1, 0.15) is 50.2 Å². The Morgan fingerprint density at radius 3 is 2.39 bits per heavy atom. The monoisotopic (exact) mass is 338 g/mol. The highest BCUT2D eigenvalue weighted by atomic mass is 35.5. The van der Waals surface area contributed by atoms with Gasteiger partial charge in [-0.25, -0.2) is 0 Å². The van der Waals surface area contributed by atoms with Gasteiger partial charge in [0, 0.05) is 19.5 Å². The first kappa shape index (κ1) is 20.0. The Balaban J connectivity index is 0.00000264. The molecule has 1 fully saturated rings. The molecule has 1 aromatic rings. The Morgan fingerprint density at radius 1 is 1.26 bits per heavy atom. The van der Waals surface area contributed by atoms with Gasteiger partial charge in [0.1, 0.15) is 0 Å². The molecule has 3 nitrogen and oxygen atoms in total. The van der Waals surface area contributed by atoms with Crippen LogP contribution in [-0.4, -0.2) is 37.5 Å². The topological polar surface area (TPSA) is 32.3 Å². The SMILES string of the molecule is CCc1ccc(C(C)CC(=O)N2CCC(CNC)CC2)cc1.Cl. The molecule has 2 rings (SSSR count). The number of piperidine rings is 1. The molecule has 1 amide bonds. The molecular weight excluding hydrogens is 308 g/mol. The van der Waals surface area contributed by atoms with Crippen LogP contribution >= 0.6 is 12.4 Å². The number of rotatable bonds is 6. The van der Waals surface area contributed by atoms with Crippen molar-refractivity contribution < 1.29 is 4.79 Å². The normalized spacial score (nSPS) is 16.7. The number of halogens is 1. The van der Waals surface area contributed by atoms with E-state index in [1.54, 1.807) is 0 Å². The molecule has 23 heavy (non-hydrogen) atoms. The Kier molecular flexibility index (Phi) is 8.64. The second-order valence-corrected chi connectivity index (χ2v) is 6.58. The average molecular weight is 339 g/mol. The second-order valence-electron chi connectivity index (χ2n) is 6.58. The van der Waals surface area contributed by atoms with Gasteiger partial charge in [-0.05, 0) is 55.8 Å². The molecule has 1 saturated heterocycles. The molecule has 0 saturated carbocycles. The third-order valence-corrected chi connectivity index (χ3v) is 4.90. The largest absolute Gasteiger partial charge is 0.343 e. The molecule has 0 aliphatic carbocycles. The van der Waals surface area contributed by atoms with Crippen LogP contribution in [0.25, 0.3) is 0 Å². The van der Waals surface area contributed by atoms with Gasteiger partial charge in [0.2, 0.25) is 5.91 Å². The van der Waals surface area contributed by atoms with Crippen molar-refractivity contribution in [1.29, 1.82) is 0 Å². The summed E-state index contributed by atoms with van der Waals surface area (Å²) in [4.78, 5) is 14.5. The van der Waals surface area contributed by atoms with Crippen LogP contribution < -0.4 is 5.32 Å². The summed E-state index contributed by atoms with van der Waals surface area (Å²) in [5, 5.41) is 3.24.